The Morgan fingerprint density at radius 3 is 2.09 bits per heavy atom. The first kappa shape index (κ1) is 26.2. The molecule has 3 rings (SSSR count). The minimum absolute atomic E-state index is 0.0397. The number of hydrogen-bond donors (Lipinski definition) is 1. The molecule has 2 amide bonds. The second kappa shape index (κ2) is 12.9. The molecule has 1 atom stereocenters. The smallest absolute Gasteiger partial charge is 0.243 e. The molecule has 3 aromatic rings. The average molecular weight is 471 g/mol. The van der Waals surface area contributed by atoms with E-state index >= 15 is 0 Å². The molecule has 0 spiro atoms. The molecule has 0 heterocycles. The van der Waals surface area contributed by atoms with Gasteiger partial charge in [0.2, 0.25) is 11.8 Å². The van der Waals surface area contributed by atoms with E-state index in [1.54, 1.807) is 4.90 Å². The zero-order chi connectivity index (χ0) is 25.2. The minimum atomic E-state index is -0.589. The van der Waals surface area contributed by atoms with Crippen LogP contribution < -0.4 is 5.32 Å². The van der Waals surface area contributed by atoms with Gasteiger partial charge >= 0.3 is 0 Å². The third-order valence-corrected chi connectivity index (χ3v) is 6.21. The predicted molar refractivity (Wildman–Crippen MR) is 143 cm³/mol. The number of rotatable bonds is 11. The molecule has 0 fully saturated rings. The number of benzene rings is 3. The molecular formula is C31H38N2O2. The fraction of sp³-hybridized carbons (Fsp3) is 0.355. The van der Waals surface area contributed by atoms with Gasteiger partial charge in [-0.2, -0.15) is 0 Å². The molecule has 0 radical (unpaired) electrons. The molecule has 1 N–H and O–H groups in total. The fourth-order valence-corrected chi connectivity index (χ4v) is 4.40. The lowest BCUT2D eigenvalue weighted by molar-refractivity contribution is -0.140. The lowest BCUT2D eigenvalue weighted by atomic mass is 10.00. The van der Waals surface area contributed by atoms with E-state index in [1.807, 2.05) is 63.2 Å². The van der Waals surface area contributed by atoms with Gasteiger partial charge in [-0.25, -0.2) is 0 Å². The molecule has 0 aromatic heterocycles. The summed E-state index contributed by atoms with van der Waals surface area (Å²) in [5.41, 5.74) is 6.47. The topological polar surface area (TPSA) is 49.4 Å². The van der Waals surface area contributed by atoms with Crippen LogP contribution in [0.1, 0.15) is 53.1 Å². The van der Waals surface area contributed by atoms with Gasteiger partial charge in [0.15, 0.2) is 0 Å². The van der Waals surface area contributed by atoms with Crippen molar-refractivity contribution in [1.29, 1.82) is 0 Å². The van der Waals surface area contributed by atoms with Crippen LogP contribution in [0.2, 0.25) is 0 Å². The summed E-state index contributed by atoms with van der Waals surface area (Å²) in [6, 6.07) is 23.8. The molecule has 0 aliphatic rings. The summed E-state index contributed by atoms with van der Waals surface area (Å²) >= 11 is 0. The van der Waals surface area contributed by atoms with E-state index in [-0.39, 0.29) is 18.2 Å². The van der Waals surface area contributed by atoms with Crippen LogP contribution in [0.3, 0.4) is 0 Å². The summed E-state index contributed by atoms with van der Waals surface area (Å²) in [5, 5.41) is 3.08. The maximum absolute atomic E-state index is 13.8. The summed E-state index contributed by atoms with van der Waals surface area (Å²) in [4.78, 5) is 29.1. The maximum atomic E-state index is 13.8. The molecule has 0 saturated carbocycles. The van der Waals surface area contributed by atoms with Crippen molar-refractivity contribution in [3.63, 3.8) is 0 Å². The summed E-state index contributed by atoms with van der Waals surface area (Å²) < 4.78 is 0. The van der Waals surface area contributed by atoms with Crippen molar-refractivity contribution in [2.45, 2.75) is 66.0 Å². The van der Waals surface area contributed by atoms with Gasteiger partial charge in [-0.1, -0.05) is 103 Å². The van der Waals surface area contributed by atoms with Crippen molar-refractivity contribution in [2.24, 2.45) is 0 Å². The van der Waals surface area contributed by atoms with Crippen LogP contribution >= 0.6 is 0 Å². The number of amides is 2. The van der Waals surface area contributed by atoms with Crippen LogP contribution in [-0.2, 0) is 29.0 Å². The molecule has 0 aliphatic carbocycles. The fourth-order valence-electron chi connectivity index (χ4n) is 4.40. The molecule has 35 heavy (non-hydrogen) atoms. The van der Waals surface area contributed by atoms with Crippen molar-refractivity contribution in [2.75, 3.05) is 6.54 Å². The van der Waals surface area contributed by atoms with Gasteiger partial charge in [-0.3, -0.25) is 9.59 Å². The quantitative estimate of drug-likeness (QED) is 0.365. The molecule has 4 nitrogen and oxygen atoms in total. The lowest BCUT2D eigenvalue weighted by Crippen LogP contribution is -2.51. The Hall–Kier alpha value is -3.40. The Bertz CT molecular complexity index is 1090. The van der Waals surface area contributed by atoms with Crippen LogP contribution in [0.5, 0.6) is 0 Å². The van der Waals surface area contributed by atoms with Gasteiger partial charge < -0.3 is 10.2 Å². The highest BCUT2D eigenvalue weighted by atomic mass is 16.2. The van der Waals surface area contributed by atoms with E-state index in [4.69, 9.17) is 0 Å². The normalized spacial score (nSPS) is 11.7. The van der Waals surface area contributed by atoms with E-state index in [2.05, 4.69) is 42.6 Å². The summed E-state index contributed by atoms with van der Waals surface area (Å²) in [6.07, 6.45) is 2.66. The van der Waals surface area contributed by atoms with Crippen LogP contribution in [0.15, 0.2) is 72.8 Å². The van der Waals surface area contributed by atoms with Crippen molar-refractivity contribution in [3.05, 3.63) is 106 Å². The molecule has 0 bridgehead atoms. The Kier molecular flexibility index (Phi) is 9.66. The number of hydrogen-bond acceptors (Lipinski definition) is 2. The summed E-state index contributed by atoms with van der Waals surface area (Å²) in [7, 11) is 0. The molecule has 0 saturated heterocycles. The lowest BCUT2D eigenvalue weighted by Gasteiger charge is -2.32. The molecule has 4 heteroatoms. The van der Waals surface area contributed by atoms with E-state index in [9.17, 15) is 9.59 Å². The van der Waals surface area contributed by atoms with E-state index in [0.29, 0.717) is 19.5 Å². The van der Waals surface area contributed by atoms with Gasteiger partial charge in [0.1, 0.15) is 6.04 Å². The first-order chi connectivity index (χ1) is 16.9. The zero-order valence-electron chi connectivity index (χ0n) is 21.5. The number of nitrogens with one attached hydrogen (secondary N) is 1. The molecule has 3 aromatic carbocycles. The predicted octanol–water partition coefficient (Wildman–Crippen LogP) is 5.71. The first-order valence-electron chi connectivity index (χ1n) is 12.6. The third-order valence-electron chi connectivity index (χ3n) is 6.21. The molecule has 0 aliphatic heterocycles. The Morgan fingerprint density at radius 2 is 1.46 bits per heavy atom. The van der Waals surface area contributed by atoms with Gasteiger partial charge in [0, 0.05) is 19.5 Å². The highest BCUT2D eigenvalue weighted by Gasteiger charge is 2.30. The van der Waals surface area contributed by atoms with E-state index < -0.39 is 6.04 Å². The number of nitrogens with zero attached hydrogens (tertiary/aromatic N) is 1. The highest BCUT2D eigenvalue weighted by Crippen LogP contribution is 2.18. The Balaban J connectivity index is 1.95. The van der Waals surface area contributed by atoms with Crippen molar-refractivity contribution in [1.82, 2.24) is 10.2 Å². The second-order valence-electron chi connectivity index (χ2n) is 9.53. The molecule has 0 unspecified atom stereocenters. The number of unbranched alkanes of at least 4 members (excludes halogenated alkanes) is 1. The number of carbonyl (C=O) groups is 2. The van der Waals surface area contributed by atoms with Gasteiger partial charge in [0.05, 0.1) is 6.42 Å². The van der Waals surface area contributed by atoms with E-state index in [0.717, 1.165) is 40.7 Å². The van der Waals surface area contributed by atoms with E-state index in [1.165, 1.54) is 5.56 Å². The van der Waals surface area contributed by atoms with Crippen molar-refractivity contribution < 1.29 is 9.59 Å². The highest BCUT2D eigenvalue weighted by molar-refractivity contribution is 5.88. The summed E-state index contributed by atoms with van der Waals surface area (Å²) in [6.45, 7) is 9.25. The van der Waals surface area contributed by atoms with Crippen molar-refractivity contribution in [3.8, 4) is 0 Å². The van der Waals surface area contributed by atoms with Crippen LogP contribution in [0.4, 0.5) is 0 Å². The van der Waals surface area contributed by atoms with Crippen LogP contribution in [-0.4, -0.2) is 29.3 Å². The first-order valence-corrected chi connectivity index (χ1v) is 12.6. The van der Waals surface area contributed by atoms with Crippen LogP contribution in [0, 0.1) is 20.8 Å². The van der Waals surface area contributed by atoms with Gasteiger partial charge in [-0.15, -0.1) is 0 Å². The summed E-state index contributed by atoms with van der Waals surface area (Å²) in [5.74, 6) is -0.134. The maximum Gasteiger partial charge on any atom is 0.243 e. The van der Waals surface area contributed by atoms with Gasteiger partial charge in [-0.05, 0) is 43.9 Å². The Labute approximate surface area is 210 Å². The minimum Gasteiger partial charge on any atom is -0.354 e. The second-order valence-corrected chi connectivity index (χ2v) is 9.53. The SMILES string of the molecule is CCCCNC(=O)[C@@H](Cc1ccccc1)N(Cc1ccc(C)cc1)C(=O)Cc1cc(C)cc(C)c1. The number of carbonyl (C=O) groups excluding carboxylic acids is 2. The van der Waals surface area contributed by atoms with Crippen LogP contribution in [0.25, 0.3) is 0 Å². The third kappa shape index (κ3) is 8.10. The largest absolute Gasteiger partial charge is 0.354 e. The molecular weight excluding hydrogens is 432 g/mol. The Morgan fingerprint density at radius 1 is 0.800 bits per heavy atom. The molecule has 184 valence electrons. The average Bonchev–Trinajstić information content (AvgIpc) is 2.82. The number of aryl methyl sites for hydroxylation is 3. The standard InChI is InChI=1S/C31H38N2O2/c1-5-6-16-32-31(35)29(20-26-10-8-7-9-11-26)33(22-27-14-12-23(2)13-15-27)30(34)21-28-18-24(3)17-25(4)19-28/h7-15,17-19,29H,5-6,16,20-22H2,1-4H3,(H,32,35)/t29-/m1/s1. The monoisotopic (exact) mass is 470 g/mol. The zero-order valence-corrected chi connectivity index (χ0v) is 21.5. The van der Waals surface area contributed by atoms with Crippen molar-refractivity contribution >= 4 is 11.8 Å². The van der Waals surface area contributed by atoms with Gasteiger partial charge in [0.25, 0.3) is 0 Å².